The summed E-state index contributed by atoms with van der Waals surface area (Å²) < 4.78 is 10.6. The highest BCUT2D eigenvalue weighted by Gasteiger charge is 2.29. The van der Waals surface area contributed by atoms with Crippen LogP contribution in [0.2, 0.25) is 0 Å². The first kappa shape index (κ1) is 19.9. The lowest BCUT2D eigenvalue weighted by atomic mass is 9.88. The van der Waals surface area contributed by atoms with Gasteiger partial charge in [0.2, 0.25) is 0 Å². The minimum Gasteiger partial charge on any atom is -0.462 e. The molecule has 0 saturated heterocycles. The molecule has 1 amide bonds. The standard InChI is InChI=1S/C21H22N2O4S/c1-4-26-21(25)18-16-8-5-12(2)9-17(16)28-20(18)23-19(24)14(11-22)10-15-7-6-13(3)27-15/h6-7,10,12H,4-5,8-9H2,1-3H3,(H,23,24)/b14-10+/t12-/m1/s1. The summed E-state index contributed by atoms with van der Waals surface area (Å²) in [5.41, 5.74) is 1.29. The van der Waals surface area contributed by atoms with E-state index in [1.807, 2.05) is 6.07 Å². The van der Waals surface area contributed by atoms with E-state index in [9.17, 15) is 14.9 Å². The number of amides is 1. The van der Waals surface area contributed by atoms with E-state index in [0.29, 0.717) is 28.0 Å². The number of esters is 1. The summed E-state index contributed by atoms with van der Waals surface area (Å²) in [7, 11) is 0. The van der Waals surface area contributed by atoms with Gasteiger partial charge in [-0.25, -0.2) is 4.79 Å². The topological polar surface area (TPSA) is 92.3 Å². The monoisotopic (exact) mass is 398 g/mol. The molecule has 7 heteroatoms. The fourth-order valence-electron chi connectivity index (χ4n) is 3.25. The number of nitriles is 1. The predicted molar refractivity (Wildman–Crippen MR) is 107 cm³/mol. The number of aryl methyl sites for hydroxylation is 1. The molecule has 0 aromatic carbocycles. The average molecular weight is 398 g/mol. The first-order valence-corrected chi connectivity index (χ1v) is 10.1. The van der Waals surface area contributed by atoms with Crippen LogP contribution in [0, 0.1) is 24.2 Å². The quantitative estimate of drug-likeness (QED) is 0.455. The van der Waals surface area contributed by atoms with Crippen LogP contribution in [0.15, 0.2) is 22.1 Å². The highest BCUT2D eigenvalue weighted by Crippen LogP contribution is 2.40. The third-order valence-electron chi connectivity index (χ3n) is 4.63. The van der Waals surface area contributed by atoms with Gasteiger partial charge in [-0.3, -0.25) is 4.79 Å². The number of furan rings is 1. The van der Waals surface area contributed by atoms with Crippen molar-refractivity contribution in [3.05, 3.63) is 45.2 Å². The molecule has 2 heterocycles. The van der Waals surface area contributed by atoms with Crippen molar-refractivity contribution < 1.29 is 18.7 Å². The Morgan fingerprint density at radius 3 is 2.89 bits per heavy atom. The van der Waals surface area contributed by atoms with Crippen LogP contribution in [0.4, 0.5) is 5.00 Å². The van der Waals surface area contributed by atoms with Gasteiger partial charge < -0.3 is 14.5 Å². The van der Waals surface area contributed by atoms with Crippen LogP contribution in [0.1, 0.15) is 52.6 Å². The van der Waals surface area contributed by atoms with Gasteiger partial charge in [-0.15, -0.1) is 11.3 Å². The molecule has 0 bridgehead atoms. The molecular formula is C21H22N2O4S. The van der Waals surface area contributed by atoms with E-state index in [1.165, 1.54) is 17.4 Å². The first-order chi connectivity index (χ1) is 13.4. The number of hydrogen-bond donors (Lipinski definition) is 1. The van der Waals surface area contributed by atoms with Crippen LogP contribution in [0.5, 0.6) is 0 Å². The molecule has 146 valence electrons. The number of hydrogen-bond acceptors (Lipinski definition) is 6. The second-order valence-corrected chi connectivity index (χ2v) is 7.95. The molecule has 0 fully saturated rings. The maximum atomic E-state index is 12.7. The second kappa shape index (κ2) is 8.44. The largest absolute Gasteiger partial charge is 0.462 e. The molecule has 0 saturated carbocycles. The Morgan fingerprint density at radius 1 is 1.46 bits per heavy atom. The molecule has 2 aromatic rings. The smallest absolute Gasteiger partial charge is 0.341 e. The van der Waals surface area contributed by atoms with Crippen molar-refractivity contribution in [1.82, 2.24) is 0 Å². The Balaban J connectivity index is 1.92. The number of nitrogens with one attached hydrogen (secondary N) is 1. The van der Waals surface area contributed by atoms with Gasteiger partial charge in [0.05, 0.1) is 12.2 Å². The summed E-state index contributed by atoms with van der Waals surface area (Å²) >= 11 is 1.39. The zero-order chi connectivity index (χ0) is 20.3. The van der Waals surface area contributed by atoms with Gasteiger partial charge in [-0.2, -0.15) is 5.26 Å². The Morgan fingerprint density at radius 2 is 2.25 bits per heavy atom. The molecule has 1 N–H and O–H groups in total. The zero-order valence-corrected chi connectivity index (χ0v) is 16.9. The predicted octanol–water partition coefficient (Wildman–Crippen LogP) is 4.50. The van der Waals surface area contributed by atoms with Crippen LogP contribution in [0.25, 0.3) is 6.08 Å². The third-order valence-corrected chi connectivity index (χ3v) is 5.80. The van der Waals surface area contributed by atoms with Crippen molar-refractivity contribution in [3.63, 3.8) is 0 Å². The lowest BCUT2D eigenvalue weighted by Gasteiger charge is -2.18. The van der Waals surface area contributed by atoms with Crippen molar-refractivity contribution in [2.45, 2.75) is 40.0 Å². The Hall–Kier alpha value is -2.85. The van der Waals surface area contributed by atoms with E-state index in [2.05, 4.69) is 12.2 Å². The Labute approximate surface area is 167 Å². The molecule has 2 aromatic heterocycles. The van der Waals surface area contributed by atoms with E-state index >= 15 is 0 Å². The van der Waals surface area contributed by atoms with E-state index in [4.69, 9.17) is 9.15 Å². The fraction of sp³-hybridized carbons (Fsp3) is 0.381. The summed E-state index contributed by atoms with van der Waals surface area (Å²) in [6.07, 6.45) is 4.03. The van der Waals surface area contributed by atoms with E-state index < -0.39 is 11.9 Å². The third kappa shape index (κ3) is 4.18. The second-order valence-electron chi connectivity index (χ2n) is 6.85. The van der Waals surface area contributed by atoms with Crippen molar-refractivity contribution in [2.75, 3.05) is 11.9 Å². The molecule has 3 rings (SSSR count). The summed E-state index contributed by atoms with van der Waals surface area (Å²) in [4.78, 5) is 26.3. The highest BCUT2D eigenvalue weighted by atomic mass is 32.1. The van der Waals surface area contributed by atoms with E-state index in [0.717, 1.165) is 29.7 Å². The number of thiophene rings is 1. The molecule has 6 nitrogen and oxygen atoms in total. The number of fused-ring (bicyclic) bond motifs is 1. The summed E-state index contributed by atoms with van der Waals surface area (Å²) in [5, 5.41) is 12.6. The van der Waals surface area contributed by atoms with Crippen molar-refractivity contribution in [3.8, 4) is 6.07 Å². The number of nitrogens with zero attached hydrogens (tertiary/aromatic N) is 1. The number of carbonyl (C=O) groups is 2. The van der Waals surface area contributed by atoms with Crippen LogP contribution >= 0.6 is 11.3 Å². The normalized spacial score (nSPS) is 16.2. The Kier molecular flexibility index (Phi) is 6.00. The first-order valence-electron chi connectivity index (χ1n) is 9.24. The minimum absolute atomic E-state index is 0.0936. The van der Waals surface area contributed by atoms with Crippen LogP contribution in [-0.2, 0) is 22.4 Å². The zero-order valence-electron chi connectivity index (χ0n) is 16.1. The van der Waals surface area contributed by atoms with Gasteiger partial charge in [0, 0.05) is 11.0 Å². The lowest BCUT2D eigenvalue weighted by Crippen LogP contribution is -2.17. The van der Waals surface area contributed by atoms with Gasteiger partial charge in [0.1, 0.15) is 28.2 Å². The van der Waals surface area contributed by atoms with Gasteiger partial charge in [-0.05, 0) is 56.7 Å². The number of anilines is 1. The van der Waals surface area contributed by atoms with Crippen LogP contribution < -0.4 is 5.32 Å². The molecule has 28 heavy (non-hydrogen) atoms. The molecule has 0 unspecified atom stereocenters. The summed E-state index contributed by atoms with van der Waals surface area (Å²) in [6, 6.07) is 5.35. The van der Waals surface area contributed by atoms with Gasteiger partial charge in [0.25, 0.3) is 5.91 Å². The summed E-state index contributed by atoms with van der Waals surface area (Å²) in [6.45, 7) is 5.96. The SMILES string of the molecule is CCOC(=O)c1c(NC(=O)/C(C#N)=C/c2ccc(C)o2)sc2c1CC[C@@H](C)C2. The number of ether oxygens (including phenoxy) is 1. The van der Waals surface area contributed by atoms with Crippen LogP contribution in [-0.4, -0.2) is 18.5 Å². The fourth-order valence-corrected chi connectivity index (χ4v) is 4.64. The lowest BCUT2D eigenvalue weighted by molar-refractivity contribution is -0.112. The molecule has 1 atom stereocenters. The van der Waals surface area contributed by atoms with E-state index in [-0.39, 0.29) is 12.2 Å². The van der Waals surface area contributed by atoms with Crippen molar-refractivity contribution >= 4 is 34.3 Å². The van der Waals surface area contributed by atoms with Crippen molar-refractivity contribution in [2.24, 2.45) is 5.92 Å². The van der Waals surface area contributed by atoms with Crippen molar-refractivity contribution in [1.29, 1.82) is 5.26 Å². The number of rotatable bonds is 5. The molecule has 1 aliphatic carbocycles. The average Bonchev–Trinajstić information content (AvgIpc) is 3.21. The Bertz CT molecular complexity index is 977. The maximum absolute atomic E-state index is 12.7. The summed E-state index contributed by atoms with van der Waals surface area (Å²) in [5.74, 6) is 0.631. The van der Waals surface area contributed by atoms with Gasteiger partial charge >= 0.3 is 5.97 Å². The van der Waals surface area contributed by atoms with Crippen LogP contribution in [0.3, 0.4) is 0 Å². The maximum Gasteiger partial charge on any atom is 0.341 e. The molecule has 0 radical (unpaired) electrons. The van der Waals surface area contributed by atoms with E-state index in [1.54, 1.807) is 26.0 Å². The molecular weight excluding hydrogens is 376 g/mol. The minimum atomic E-state index is -0.575. The van der Waals surface area contributed by atoms with Gasteiger partial charge in [-0.1, -0.05) is 6.92 Å². The molecule has 1 aliphatic rings. The molecule has 0 aliphatic heterocycles. The number of carbonyl (C=O) groups excluding carboxylic acids is 2. The van der Waals surface area contributed by atoms with Gasteiger partial charge in [0.15, 0.2) is 0 Å². The highest BCUT2D eigenvalue weighted by molar-refractivity contribution is 7.17. The molecule has 0 spiro atoms.